The number of carboxylic acid groups (broad SMARTS) is 2. The number of hydrogen-bond acceptors (Lipinski definition) is 3. The number of rotatable bonds is 3. The number of benzene rings is 2. The van der Waals surface area contributed by atoms with Gasteiger partial charge in [-0.25, -0.2) is 9.59 Å². The van der Waals surface area contributed by atoms with E-state index in [1.165, 1.54) is 24.3 Å². The number of thiophene rings is 1. The highest BCUT2D eigenvalue weighted by Crippen LogP contribution is 2.36. The fourth-order valence-corrected chi connectivity index (χ4v) is 3.58. The van der Waals surface area contributed by atoms with Crippen molar-refractivity contribution in [1.82, 2.24) is 0 Å². The zero-order valence-corrected chi connectivity index (χ0v) is 12.5. The van der Waals surface area contributed by atoms with Crippen LogP contribution in [0.5, 0.6) is 0 Å². The number of carbonyl (C=O) groups is 2. The molecule has 0 aliphatic heterocycles. The first kappa shape index (κ1) is 14.3. The maximum Gasteiger partial charge on any atom is 0.336 e. The highest BCUT2D eigenvalue weighted by Gasteiger charge is 2.21. The van der Waals surface area contributed by atoms with Gasteiger partial charge in [0.1, 0.15) is 0 Å². The van der Waals surface area contributed by atoms with Gasteiger partial charge in [0.2, 0.25) is 0 Å². The van der Waals surface area contributed by atoms with Crippen LogP contribution in [-0.2, 0) is 0 Å². The van der Waals surface area contributed by atoms with E-state index in [1.54, 1.807) is 6.07 Å². The van der Waals surface area contributed by atoms with E-state index >= 15 is 0 Å². The Hall–Kier alpha value is -2.66. The van der Waals surface area contributed by atoms with Crippen molar-refractivity contribution in [3.63, 3.8) is 0 Å². The summed E-state index contributed by atoms with van der Waals surface area (Å²) in [7, 11) is 0. The molecule has 3 aromatic rings. The molecule has 0 fully saturated rings. The molecule has 0 aliphatic carbocycles. The second-order valence-corrected chi connectivity index (χ2v) is 5.83. The van der Waals surface area contributed by atoms with Crippen LogP contribution >= 0.6 is 11.3 Å². The number of aromatic carboxylic acids is 2. The lowest BCUT2D eigenvalue weighted by molar-refractivity contribution is 0.0696. The predicted molar refractivity (Wildman–Crippen MR) is 85.9 cm³/mol. The summed E-state index contributed by atoms with van der Waals surface area (Å²) in [4.78, 5) is 22.9. The molecule has 1 aromatic heterocycles. The van der Waals surface area contributed by atoms with Crippen molar-refractivity contribution in [3.8, 4) is 11.1 Å². The summed E-state index contributed by atoms with van der Waals surface area (Å²) in [6.45, 7) is 1.53. The van der Waals surface area contributed by atoms with Gasteiger partial charge in [0.25, 0.3) is 0 Å². The molecule has 0 radical (unpaired) electrons. The van der Waals surface area contributed by atoms with E-state index in [-0.39, 0.29) is 16.7 Å². The monoisotopic (exact) mass is 312 g/mol. The topological polar surface area (TPSA) is 74.6 Å². The Kier molecular flexibility index (Phi) is 3.42. The number of fused-ring (bicyclic) bond motifs is 1. The molecule has 0 saturated heterocycles. The zero-order valence-electron chi connectivity index (χ0n) is 11.7. The van der Waals surface area contributed by atoms with Crippen molar-refractivity contribution in [1.29, 1.82) is 0 Å². The van der Waals surface area contributed by atoms with Crippen LogP contribution in [0.25, 0.3) is 21.2 Å². The molecule has 1 heterocycles. The van der Waals surface area contributed by atoms with Gasteiger partial charge in [-0.05, 0) is 40.9 Å². The molecule has 0 amide bonds. The Morgan fingerprint density at radius 2 is 1.73 bits per heavy atom. The lowest BCUT2D eigenvalue weighted by atomic mass is 9.92. The molecule has 3 rings (SSSR count). The van der Waals surface area contributed by atoms with Crippen molar-refractivity contribution in [3.05, 3.63) is 58.5 Å². The fraction of sp³-hybridized carbons (Fsp3) is 0.0588. The van der Waals surface area contributed by atoms with Crippen LogP contribution in [0.2, 0.25) is 0 Å². The molecule has 0 unspecified atom stereocenters. The van der Waals surface area contributed by atoms with Crippen LogP contribution in [0.4, 0.5) is 0 Å². The average Bonchev–Trinajstić information content (AvgIpc) is 2.94. The maximum atomic E-state index is 11.7. The van der Waals surface area contributed by atoms with E-state index < -0.39 is 11.9 Å². The van der Waals surface area contributed by atoms with Gasteiger partial charge in [-0.2, -0.15) is 0 Å². The van der Waals surface area contributed by atoms with Crippen LogP contribution in [0.15, 0.2) is 41.8 Å². The van der Waals surface area contributed by atoms with Crippen molar-refractivity contribution >= 4 is 33.4 Å². The van der Waals surface area contributed by atoms with Crippen LogP contribution in [0.3, 0.4) is 0 Å². The first-order chi connectivity index (χ1) is 10.5. The quantitative estimate of drug-likeness (QED) is 0.757. The third-order valence-electron chi connectivity index (χ3n) is 3.68. The van der Waals surface area contributed by atoms with E-state index in [0.717, 1.165) is 15.6 Å². The molecule has 2 aromatic carbocycles. The molecule has 2 N–H and O–H groups in total. The molecule has 0 saturated carbocycles. The van der Waals surface area contributed by atoms with Gasteiger partial charge < -0.3 is 10.2 Å². The summed E-state index contributed by atoms with van der Waals surface area (Å²) in [6, 6.07) is 10.7. The summed E-state index contributed by atoms with van der Waals surface area (Å²) in [5.41, 5.74) is 1.68. The van der Waals surface area contributed by atoms with Gasteiger partial charge >= 0.3 is 11.9 Å². The van der Waals surface area contributed by atoms with E-state index in [1.807, 2.05) is 29.6 Å². The first-order valence-electron chi connectivity index (χ1n) is 6.57. The van der Waals surface area contributed by atoms with Gasteiger partial charge in [0.05, 0.1) is 11.1 Å². The Balaban J connectivity index is 2.36. The Bertz CT molecular complexity index is 908. The fourth-order valence-electron chi connectivity index (χ4n) is 2.65. The molecule has 0 spiro atoms. The minimum atomic E-state index is -1.12. The molecule has 5 heteroatoms. The molecule has 0 atom stereocenters. The van der Waals surface area contributed by atoms with Gasteiger partial charge in [-0.15, -0.1) is 11.3 Å². The molecule has 0 bridgehead atoms. The van der Waals surface area contributed by atoms with Crippen molar-refractivity contribution in [2.75, 3.05) is 0 Å². The second-order valence-electron chi connectivity index (χ2n) is 4.92. The highest BCUT2D eigenvalue weighted by atomic mass is 32.1. The van der Waals surface area contributed by atoms with Crippen LogP contribution in [0.1, 0.15) is 26.3 Å². The standard InChI is InChI=1S/C17H12O4S/c1-9-11(16(18)19)5-6-12(14(9)17(20)21)13-4-2-3-10-7-8-22-15(10)13/h2-8H,1H3,(H,18,19)(H,20,21). The summed E-state index contributed by atoms with van der Waals surface area (Å²) in [6.07, 6.45) is 0. The number of hydrogen-bond donors (Lipinski definition) is 2. The summed E-state index contributed by atoms with van der Waals surface area (Å²) >= 11 is 1.54. The zero-order chi connectivity index (χ0) is 15.9. The minimum Gasteiger partial charge on any atom is -0.478 e. The Morgan fingerprint density at radius 3 is 2.41 bits per heavy atom. The Labute approximate surface area is 130 Å². The minimum absolute atomic E-state index is 0.0134. The van der Waals surface area contributed by atoms with Crippen molar-refractivity contribution < 1.29 is 19.8 Å². The third-order valence-corrected chi connectivity index (χ3v) is 4.64. The van der Waals surface area contributed by atoms with E-state index in [9.17, 15) is 19.8 Å². The van der Waals surface area contributed by atoms with E-state index in [2.05, 4.69) is 0 Å². The summed E-state index contributed by atoms with van der Waals surface area (Å²) < 4.78 is 0.993. The normalized spacial score (nSPS) is 10.8. The van der Waals surface area contributed by atoms with Crippen LogP contribution in [-0.4, -0.2) is 22.2 Å². The Morgan fingerprint density at radius 1 is 0.955 bits per heavy atom. The smallest absolute Gasteiger partial charge is 0.336 e. The van der Waals surface area contributed by atoms with Crippen molar-refractivity contribution in [2.45, 2.75) is 6.92 Å². The highest BCUT2D eigenvalue weighted by molar-refractivity contribution is 7.17. The molecule has 0 aliphatic rings. The van der Waals surface area contributed by atoms with E-state index in [4.69, 9.17) is 0 Å². The van der Waals surface area contributed by atoms with Crippen LogP contribution in [0, 0.1) is 6.92 Å². The summed E-state index contributed by atoms with van der Waals surface area (Å²) in [5, 5.41) is 21.7. The third kappa shape index (κ3) is 2.16. The maximum absolute atomic E-state index is 11.7. The SMILES string of the molecule is Cc1c(C(=O)O)ccc(-c2cccc3ccsc23)c1C(=O)O. The van der Waals surface area contributed by atoms with Crippen molar-refractivity contribution in [2.24, 2.45) is 0 Å². The molecule has 4 nitrogen and oxygen atoms in total. The largest absolute Gasteiger partial charge is 0.478 e. The average molecular weight is 312 g/mol. The lowest BCUT2D eigenvalue weighted by Crippen LogP contribution is -2.09. The van der Waals surface area contributed by atoms with Gasteiger partial charge in [-0.1, -0.05) is 24.3 Å². The van der Waals surface area contributed by atoms with E-state index in [0.29, 0.717) is 5.56 Å². The molecule has 110 valence electrons. The lowest BCUT2D eigenvalue weighted by Gasteiger charge is -2.12. The second kappa shape index (κ2) is 5.27. The summed E-state index contributed by atoms with van der Waals surface area (Å²) in [5.74, 6) is -2.25. The molecular weight excluding hydrogens is 300 g/mol. The van der Waals surface area contributed by atoms with Crippen LogP contribution < -0.4 is 0 Å². The predicted octanol–water partition coefficient (Wildman–Crippen LogP) is 4.27. The van der Waals surface area contributed by atoms with Gasteiger partial charge in [0, 0.05) is 10.3 Å². The van der Waals surface area contributed by atoms with Gasteiger partial charge in [0.15, 0.2) is 0 Å². The molecule has 22 heavy (non-hydrogen) atoms. The molecular formula is C17H12O4S. The first-order valence-corrected chi connectivity index (χ1v) is 7.45. The van der Waals surface area contributed by atoms with Gasteiger partial charge in [-0.3, -0.25) is 0 Å². The number of carboxylic acids is 2.